The van der Waals surface area contributed by atoms with Gasteiger partial charge in [-0.3, -0.25) is 4.48 Å². The highest BCUT2D eigenvalue weighted by Crippen LogP contribution is 2.34. The van der Waals surface area contributed by atoms with Crippen molar-refractivity contribution in [3.05, 3.63) is 12.3 Å². The molecular formula is C23H42NO6+. The molecule has 0 aromatic heterocycles. The fourth-order valence-electron chi connectivity index (χ4n) is 4.34. The molecule has 3 atom stereocenters. The summed E-state index contributed by atoms with van der Waals surface area (Å²) in [5.41, 5.74) is 0. The zero-order chi connectivity index (χ0) is 23.2. The predicted octanol–water partition coefficient (Wildman–Crippen LogP) is 5.05. The number of rotatable bonds is 18. The first-order valence-electron chi connectivity index (χ1n) is 11.5. The van der Waals surface area contributed by atoms with Crippen LogP contribution in [0.1, 0.15) is 98.3 Å². The zero-order valence-corrected chi connectivity index (χ0v) is 19.2. The monoisotopic (exact) mass is 428 g/mol. The molecular weight excluding hydrogens is 386 g/mol. The first-order valence-corrected chi connectivity index (χ1v) is 11.5. The number of carboxylic acid groups (broad SMARTS) is 3. The molecule has 0 bridgehead atoms. The van der Waals surface area contributed by atoms with Crippen LogP contribution in [0.3, 0.4) is 0 Å². The second kappa shape index (κ2) is 15.0. The highest BCUT2D eigenvalue weighted by atomic mass is 16.4. The van der Waals surface area contributed by atoms with Crippen LogP contribution in [0.2, 0.25) is 0 Å². The molecule has 3 N–H and O–H groups in total. The predicted molar refractivity (Wildman–Crippen MR) is 117 cm³/mol. The van der Waals surface area contributed by atoms with Gasteiger partial charge in [-0.15, -0.1) is 0 Å². The summed E-state index contributed by atoms with van der Waals surface area (Å²) in [5, 5.41) is 30.2. The van der Waals surface area contributed by atoms with E-state index in [9.17, 15) is 29.7 Å². The van der Waals surface area contributed by atoms with E-state index in [0.29, 0.717) is 25.7 Å². The standard InChI is InChI=1S/C23H41NO6/c1-5-9-10-11-12-13-17-24(18(14-6-2)21(25)26,19(15-7-3)22(27)28)20(16-8-4)23(29)30/h13,17-20H,5-12,14-16H2,1-4H3,(H2-,25,26,27,28,29,30)/p+1. The molecule has 0 saturated carbocycles. The van der Waals surface area contributed by atoms with E-state index in [1.54, 1.807) is 6.20 Å². The highest BCUT2D eigenvalue weighted by molar-refractivity contribution is 5.78. The van der Waals surface area contributed by atoms with Crippen LogP contribution in [0.15, 0.2) is 12.3 Å². The Hall–Kier alpha value is -1.89. The number of unbranched alkanes of at least 4 members (excludes halogenated alkanes) is 4. The topological polar surface area (TPSA) is 112 Å². The van der Waals surface area contributed by atoms with Crippen molar-refractivity contribution < 1.29 is 34.2 Å². The van der Waals surface area contributed by atoms with E-state index in [2.05, 4.69) is 6.92 Å². The van der Waals surface area contributed by atoms with Crippen molar-refractivity contribution in [1.29, 1.82) is 0 Å². The number of carbonyl (C=O) groups is 3. The molecule has 0 aliphatic heterocycles. The molecule has 0 fully saturated rings. The number of allylic oxidation sites excluding steroid dienone is 1. The minimum Gasteiger partial charge on any atom is -0.477 e. The fraction of sp³-hybridized carbons (Fsp3) is 0.783. The third-order valence-electron chi connectivity index (χ3n) is 5.75. The molecule has 0 radical (unpaired) electrons. The minimum atomic E-state index is -1.14. The SMILES string of the molecule is CCCCCCC=C[N+](C(CCC)C(=O)O)(C(CCC)C(=O)O)C(CCC)C(=O)O. The van der Waals surface area contributed by atoms with Crippen molar-refractivity contribution in [3.8, 4) is 0 Å². The second-order valence-corrected chi connectivity index (χ2v) is 8.06. The van der Waals surface area contributed by atoms with E-state index in [1.165, 1.54) is 0 Å². The minimum absolute atomic E-state index is 0.219. The van der Waals surface area contributed by atoms with Gasteiger partial charge in [0, 0.05) is 19.3 Å². The molecule has 0 spiro atoms. The van der Waals surface area contributed by atoms with Gasteiger partial charge in [-0.05, 0) is 38.2 Å². The molecule has 0 aromatic rings. The Balaban J connectivity index is 6.62. The first kappa shape index (κ1) is 28.1. The quantitative estimate of drug-likeness (QED) is 0.208. The summed E-state index contributed by atoms with van der Waals surface area (Å²) in [7, 11) is 0. The average Bonchev–Trinajstić information content (AvgIpc) is 2.68. The van der Waals surface area contributed by atoms with E-state index in [1.807, 2.05) is 26.8 Å². The summed E-state index contributed by atoms with van der Waals surface area (Å²) in [6.07, 6.45) is 10.5. The third-order valence-corrected chi connectivity index (χ3v) is 5.75. The summed E-state index contributed by atoms with van der Waals surface area (Å²) in [4.78, 5) is 37.0. The molecule has 0 rings (SSSR count). The van der Waals surface area contributed by atoms with Crippen LogP contribution in [0, 0.1) is 0 Å². The van der Waals surface area contributed by atoms with Gasteiger partial charge in [-0.1, -0.05) is 47.0 Å². The molecule has 30 heavy (non-hydrogen) atoms. The van der Waals surface area contributed by atoms with Gasteiger partial charge in [0.05, 0.1) is 6.20 Å². The van der Waals surface area contributed by atoms with Crippen LogP contribution in [-0.4, -0.2) is 55.8 Å². The van der Waals surface area contributed by atoms with Gasteiger partial charge < -0.3 is 15.3 Å². The van der Waals surface area contributed by atoms with Gasteiger partial charge in [0.25, 0.3) is 0 Å². The number of hydrogen-bond acceptors (Lipinski definition) is 3. The summed E-state index contributed by atoms with van der Waals surface area (Å²) in [6, 6.07) is -3.37. The summed E-state index contributed by atoms with van der Waals surface area (Å²) >= 11 is 0. The van der Waals surface area contributed by atoms with Gasteiger partial charge in [0.1, 0.15) is 0 Å². The molecule has 7 heteroatoms. The van der Waals surface area contributed by atoms with Crippen LogP contribution in [0.4, 0.5) is 0 Å². The van der Waals surface area contributed by atoms with Crippen molar-refractivity contribution in [3.63, 3.8) is 0 Å². The molecule has 174 valence electrons. The molecule has 0 aromatic carbocycles. The van der Waals surface area contributed by atoms with Crippen LogP contribution < -0.4 is 0 Å². The number of aliphatic carboxylic acids is 3. The van der Waals surface area contributed by atoms with Crippen LogP contribution in [-0.2, 0) is 14.4 Å². The summed E-state index contributed by atoms with van der Waals surface area (Å²) < 4.78 is -0.552. The van der Waals surface area contributed by atoms with E-state index >= 15 is 0 Å². The zero-order valence-electron chi connectivity index (χ0n) is 19.2. The van der Waals surface area contributed by atoms with E-state index in [4.69, 9.17) is 0 Å². The molecule has 0 aliphatic rings. The number of quaternary nitrogens is 1. The molecule has 3 unspecified atom stereocenters. The fourth-order valence-corrected chi connectivity index (χ4v) is 4.34. The number of nitrogens with zero attached hydrogens (tertiary/aromatic N) is 1. The highest BCUT2D eigenvalue weighted by Gasteiger charge is 2.56. The van der Waals surface area contributed by atoms with Crippen LogP contribution in [0.25, 0.3) is 0 Å². The second-order valence-electron chi connectivity index (χ2n) is 8.06. The maximum Gasteiger partial charge on any atom is 0.363 e. The Bertz CT molecular complexity index is 500. The van der Waals surface area contributed by atoms with Crippen LogP contribution >= 0.6 is 0 Å². The lowest BCUT2D eigenvalue weighted by Crippen LogP contribution is -2.69. The normalized spacial score (nSPS) is 16.7. The Kier molecular flexibility index (Phi) is 14.0. The van der Waals surface area contributed by atoms with Crippen molar-refractivity contribution in [2.24, 2.45) is 0 Å². The largest absolute Gasteiger partial charge is 0.477 e. The van der Waals surface area contributed by atoms with Gasteiger partial charge >= 0.3 is 17.9 Å². The van der Waals surface area contributed by atoms with Crippen molar-refractivity contribution >= 4 is 17.9 Å². The van der Waals surface area contributed by atoms with Crippen LogP contribution in [0.5, 0.6) is 0 Å². The lowest BCUT2D eigenvalue weighted by molar-refractivity contribution is -0.928. The van der Waals surface area contributed by atoms with E-state index in [0.717, 1.165) is 25.7 Å². The van der Waals surface area contributed by atoms with E-state index < -0.39 is 40.5 Å². The number of carboxylic acids is 3. The van der Waals surface area contributed by atoms with Gasteiger partial charge in [0.2, 0.25) is 0 Å². The Morgan fingerprint density at radius 1 is 0.667 bits per heavy atom. The van der Waals surface area contributed by atoms with E-state index in [-0.39, 0.29) is 19.3 Å². The number of hydrogen-bond donors (Lipinski definition) is 3. The maximum absolute atomic E-state index is 12.3. The van der Waals surface area contributed by atoms with Gasteiger partial charge in [-0.25, -0.2) is 14.4 Å². The van der Waals surface area contributed by atoms with Gasteiger partial charge in [0.15, 0.2) is 18.1 Å². The lowest BCUT2D eigenvalue weighted by Gasteiger charge is -2.47. The molecule has 0 heterocycles. The molecule has 7 nitrogen and oxygen atoms in total. The van der Waals surface area contributed by atoms with Crippen molar-refractivity contribution in [2.75, 3.05) is 0 Å². The summed E-state index contributed by atoms with van der Waals surface area (Å²) in [5.74, 6) is -3.42. The van der Waals surface area contributed by atoms with Crippen molar-refractivity contribution in [2.45, 2.75) is 116 Å². The molecule has 0 amide bonds. The molecule has 0 saturated heterocycles. The Labute approximate surface area is 181 Å². The first-order chi connectivity index (χ1) is 14.2. The lowest BCUT2D eigenvalue weighted by atomic mass is 9.93. The average molecular weight is 429 g/mol. The maximum atomic E-state index is 12.3. The Morgan fingerprint density at radius 2 is 1.07 bits per heavy atom. The Morgan fingerprint density at radius 3 is 1.37 bits per heavy atom. The molecule has 0 aliphatic carbocycles. The van der Waals surface area contributed by atoms with Gasteiger partial charge in [-0.2, -0.15) is 0 Å². The summed E-state index contributed by atoms with van der Waals surface area (Å²) in [6.45, 7) is 7.63. The van der Waals surface area contributed by atoms with Crippen molar-refractivity contribution in [1.82, 2.24) is 0 Å². The smallest absolute Gasteiger partial charge is 0.363 e. The third kappa shape index (κ3) is 7.74.